The molecule has 2 N–H and O–H groups in total. The van der Waals surface area contributed by atoms with E-state index in [9.17, 15) is 0 Å². The Morgan fingerprint density at radius 3 is 2.20 bits per heavy atom. The third kappa shape index (κ3) is 4.04. The molecule has 20 heavy (non-hydrogen) atoms. The number of hydrogen-bond donors (Lipinski definition) is 1. The van der Waals surface area contributed by atoms with Crippen molar-refractivity contribution in [2.45, 2.75) is 37.5 Å². The SMILES string of the molecule is CC(C)(C)c1ccc(SCCc2ccccc2N)cc1. The summed E-state index contributed by atoms with van der Waals surface area (Å²) < 4.78 is 0. The first kappa shape index (κ1) is 15.0. The molecule has 0 aliphatic carbocycles. The second-order valence-electron chi connectivity index (χ2n) is 6.07. The van der Waals surface area contributed by atoms with Crippen molar-refractivity contribution in [3.63, 3.8) is 0 Å². The molecular weight excluding hydrogens is 262 g/mol. The Balaban J connectivity index is 1.90. The van der Waals surface area contributed by atoms with Gasteiger partial charge in [0, 0.05) is 16.3 Å². The summed E-state index contributed by atoms with van der Waals surface area (Å²) in [6, 6.07) is 17.0. The van der Waals surface area contributed by atoms with Gasteiger partial charge in [0.05, 0.1) is 0 Å². The Bertz CT molecular complexity index is 552. The number of nitrogens with two attached hydrogens (primary N) is 1. The van der Waals surface area contributed by atoms with Gasteiger partial charge in [-0.2, -0.15) is 0 Å². The minimum atomic E-state index is 0.224. The van der Waals surface area contributed by atoms with Crippen LogP contribution in [0.2, 0.25) is 0 Å². The topological polar surface area (TPSA) is 26.0 Å². The number of nitrogen functional groups attached to an aromatic ring is 1. The number of para-hydroxylation sites is 1. The van der Waals surface area contributed by atoms with Crippen molar-refractivity contribution in [3.8, 4) is 0 Å². The number of thioether (sulfide) groups is 1. The molecule has 0 saturated heterocycles. The van der Waals surface area contributed by atoms with Crippen molar-refractivity contribution in [2.24, 2.45) is 0 Å². The van der Waals surface area contributed by atoms with E-state index < -0.39 is 0 Å². The molecule has 1 nitrogen and oxygen atoms in total. The van der Waals surface area contributed by atoms with Crippen LogP contribution in [0.1, 0.15) is 31.9 Å². The molecule has 0 aliphatic heterocycles. The normalized spacial score (nSPS) is 11.6. The van der Waals surface area contributed by atoms with Crippen LogP contribution >= 0.6 is 11.8 Å². The Labute approximate surface area is 126 Å². The predicted octanol–water partition coefficient (Wildman–Crippen LogP) is 4.90. The summed E-state index contributed by atoms with van der Waals surface area (Å²) in [5.74, 6) is 1.06. The van der Waals surface area contributed by atoms with Crippen LogP contribution in [0.4, 0.5) is 5.69 Å². The van der Waals surface area contributed by atoms with Crippen molar-refractivity contribution >= 4 is 17.4 Å². The van der Waals surface area contributed by atoms with Crippen LogP contribution in [0, 0.1) is 0 Å². The van der Waals surface area contributed by atoms with Crippen LogP contribution in [-0.2, 0) is 11.8 Å². The fourth-order valence-corrected chi connectivity index (χ4v) is 2.98. The average Bonchev–Trinajstić information content (AvgIpc) is 2.40. The molecule has 0 saturated carbocycles. The van der Waals surface area contributed by atoms with E-state index in [-0.39, 0.29) is 5.41 Å². The van der Waals surface area contributed by atoms with Gasteiger partial charge in [0.25, 0.3) is 0 Å². The van der Waals surface area contributed by atoms with Crippen molar-refractivity contribution in [1.82, 2.24) is 0 Å². The first-order valence-electron chi connectivity index (χ1n) is 7.03. The fraction of sp³-hybridized carbons (Fsp3) is 0.333. The molecular formula is C18H23NS. The van der Waals surface area contributed by atoms with Gasteiger partial charge in [-0.3, -0.25) is 0 Å². The van der Waals surface area contributed by atoms with Gasteiger partial charge < -0.3 is 5.73 Å². The van der Waals surface area contributed by atoms with Crippen LogP contribution < -0.4 is 5.73 Å². The van der Waals surface area contributed by atoms with E-state index in [1.165, 1.54) is 16.0 Å². The Kier molecular flexibility index (Phi) is 4.77. The number of aryl methyl sites for hydroxylation is 1. The number of benzene rings is 2. The minimum Gasteiger partial charge on any atom is -0.399 e. The minimum absolute atomic E-state index is 0.224. The van der Waals surface area contributed by atoms with Gasteiger partial charge in [0.15, 0.2) is 0 Å². The van der Waals surface area contributed by atoms with Gasteiger partial charge >= 0.3 is 0 Å². The van der Waals surface area contributed by atoms with Gasteiger partial charge in [0.1, 0.15) is 0 Å². The zero-order valence-corrected chi connectivity index (χ0v) is 13.3. The molecule has 0 radical (unpaired) electrons. The lowest BCUT2D eigenvalue weighted by molar-refractivity contribution is 0.590. The molecule has 2 heteroatoms. The molecule has 0 spiro atoms. The molecule has 0 amide bonds. The Hall–Kier alpha value is -1.41. The summed E-state index contributed by atoms with van der Waals surface area (Å²) in [6.07, 6.45) is 1.01. The highest BCUT2D eigenvalue weighted by molar-refractivity contribution is 7.99. The standard InChI is InChI=1S/C18H23NS/c1-18(2,3)15-8-10-16(11-9-15)20-13-12-14-6-4-5-7-17(14)19/h4-11H,12-13,19H2,1-3H3. The maximum atomic E-state index is 5.96. The summed E-state index contributed by atoms with van der Waals surface area (Å²) in [7, 11) is 0. The van der Waals surface area contributed by atoms with Crippen molar-refractivity contribution in [1.29, 1.82) is 0 Å². The monoisotopic (exact) mass is 285 g/mol. The van der Waals surface area contributed by atoms with Crippen LogP contribution in [0.3, 0.4) is 0 Å². The van der Waals surface area contributed by atoms with Crippen molar-refractivity contribution in [2.75, 3.05) is 11.5 Å². The molecule has 106 valence electrons. The van der Waals surface area contributed by atoms with Gasteiger partial charge in [-0.1, -0.05) is 51.1 Å². The van der Waals surface area contributed by atoms with E-state index in [1.54, 1.807) is 0 Å². The van der Waals surface area contributed by atoms with Crippen molar-refractivity contribution < 1.29 is 0 Å². The number of anilines is 1. The molecule has 2 aromatic carbocycles. The molecule has 0 heterocycles. The summed E-state index contributed by atoms with van der Waals surface area (Å²) in [4.78, 5) is 1.33. The Morgan fingerprint density at radius 2 is 1.60 bits per heavy atom. The molecule has 0 atom stereocenters. The highest BCUT2D eigenvalue weighted by atomic mass is 32.2. The lowest BCUT2D eigenvalue weighted by Crippen LogP contribution is -2.10. The fourth-order valence-electron chi connectivity index (χ4n) is 2.09. The average molecular weight is 285 g/mol. The first-order chi connectivity index (χ1) is 9.47. The third-order valence-corrected chi connectivity index (χ3v) is 4.43. The van der Waals surface area contributed by atoms with E-state index in [0.29, 0.717) is 0 Å². The second-order valence-corrected chi connectivity index (χ2v) is 7.24. The van der Waals surface area contributed by atoms with Gasteiger partial charge in [-0.15, -0.1) is 11.8 Å². The maximum absolute atomic E-state index is 5.96. The smallest absolute Gasteiger partial charge is 0.0346 e. The van der Waals surface area contributed by atoms with Crippen LogP contribution in [0.25, 0.3) is 0 Å². The third-order valence-electron chi connectivity index (χ3n) is 3.42. The van der Waals surface area contributed by atoms with E-state index in [4.69, 9.17) is 5.73 Å². The Morgan fingerprint density at radius 1 is 0.950 bits per heavy atom. The van der Waals surface area contributed by atoms with E-state index in [1.807, 2.05) is 23.9 Å². The van der Waals surface area contributed by atoms with Crippen LogP contribution in [0.15, 0.2) is 53.4 Å². The summed E-state index contributed by atoms with van der Waals surface area (Å²) >= 11 is 1.89. The van der Waals surface area contributed by atoms with E-state index >= 15 is 0 Å². The molecule has 0 bridgehead atoms. The highest BCUT2D eigenvalue weighted by Gasteiger charge is 2.12. The second kappa shape index (κ2) is 6.36. The highest BCUT2D eigenvalue weighted by Crippen LogP contribution is 2.26. The lowest BCUT2D eigenvalue weighted by atomic mass is 9.87. The maximum Gasteiger partial charge on any atom is 0.0346 e. The zero-order valence-electron chi connectivity index (χ0n) is 12.5. The van der Waals surface area contributed by atoms with Crippen LogP contribution in [0.5, 0.6) is 0 Å². The first-order valence-corrected chi connectivity index (χ1v) is 8.02. The molecule has 0 unspecified atom stereocenters. The predicted molar refractivity (Wildman–Crippen MR) is 90.4 cm³/mol. The quantitative estimate of drug-likeness (QED) is 0.638. The largest absolute Gasteiger partial charge is 0.399 e. The molecule has 0 fully saturated rings. The lowest BCUT2D eigenvalue weighted by Gasteiger charge is -2.19. The van der Waals surface area contributed by atoms with Gasteiger partial charge in [-0.25, -0.2) is 0 Å². The van der Waals surface area contributed by atoms with Crippen LogP contribution in [-0.4, -0.2) is 5.75 Å². The molecule has 0 aromatic heterocycles. The molecule has 2 rings (SSSR count). The number of hydrogen-bond acceptors (Lipinski definition) is 2. The number of rotatable bonds is 4. The zero-order chi connectivity index (χ0) is 14.6. The summed E-state index contributed by atoms with van der Waals surface area (Å²) in [5, 5.41) is 0. The van der Waals surface area contributed by atoms with E-state index in [0.717, 1.165) is 17.9 Å². The van der Waals surface area contributed by atoms with E-state index in [2.05, 4.69) is 57.2 Å². The molecule has 0 aliphatic rings. The summed E-state index contributed by atoms with van der Waals surface area (Å²) in [6.45, 7) is 6.73. The van der Waals surface area contributed by atoms with Crippen molar-refractivity contribution in [3.05, 3.63) is 59.7 Å². The van der Waals surface area contributed by atoms with Gasteiger partial charge in [0.2, 0.25) is 0 Å². The summed E-state index contributed by atoms with van der Waals surface area (Å²) in [5.41, 5.74) is 9.71. The molecule has 2 aromatic rings. The van der Waals surface area contributed by atoms with Gasteiger partial charge in [-0.05, 0) is 41.2 Å².